The highest BCUT2D eigenvalue weighted by atomic mass is 16.2. The number of rotatable bonds is 6. The molecule has 18 heavy (non-hydrogen) atoms. The van der Waals surface area contributed by atoms with Gasteiger partial charge in [0.1, 0.15) is 0 Å². The van der Waals surface area contributed by atoms with Crippen molar-refractivity contribution in [3.05, 3.63) is 29.8 Å². The van der Waals surface area contributed by atoms with Gasteiger partial charge in [-0.2, -0.15) is 0 Å². The molecule has 0 aliphatic rings. The predicted molar refractivity (Wildman–Crippen MR) is 77.0 cm³/mol. The van der Waals surface area contributed by atoms with E-state index in [-0.39, 0.29) is 5.91 Å². The van der Waals surface area contributed by atoms with Crippen molar-refractivity contribution in [2.24, 2.45) is 0 Å². The van der Waals surface area contributed by atoms with Gasteiger partial charge in [-0.25, -0.2) is 0 Å². The maximum absolute atomic E-state index is 11.7. The minimum Gasteiger partial charge on any atom is -0.313 e. The molecule has 0 saturated heterocycles. The minimum atomic E-state index is 0.109. The molecule has 1 aromatic rings. The summed E-state index contributed by atoms with van der Waals surface area (Å²) in [4.78, 5) is 15.7. The Hall–Kier alpha value is -1.35. The Labute approximate surface area is 110 Å². The standard InChI is InChI=1S/C15H24N2O/c1-5-14-7-9-15(10-8-14)17(13(2)18)12-6-11-16(3)4/h7-10H,5-6,11-12H2,1-4H3. The van der Waals surface area contributed by atoms with Crippen molar-refractivity contribution in [3.63, 3.8) is 0 Å². The molecule has 1 aromatic carbocycles. The van der Waals surface area contributed by atoms with E-state index in [0.717, 1.165) is 31.6 Å². The molecule has 1 rings (SSSR count). The number of carbonyl (C=O) groups is 1. The first-order chi connectivity index (χ1) is 8.54. The van der Waals surface area contributed by atoms with Crippen LogP contribution >= 0.6 is 0 Å². The van der Waals surface area contributed by atoms with Crippen LogP contribution < -0.4 is 4.90 Å². The van der Waals surface area contributed by atoms with Crippen molar-refractivity contribution in [1.82, 2.24) is 4.90 Å². The molecule has 0 unspecified atom stereocenters. The van der Waals surface area contributed by atoms with Crippen LogP contribution in [-0.2, 0) is 11.2 Å². The fourth-order valence-corrected chi connectivity index (χ4v) is 1.92. The topological polar surface area (TPSA) is 23.6 Å². The number of carbonyl (C=O) groups excluding carboxylic acids is 1. The zero-order valence-corrected chi connectivity index (χ0v) is 11.9. The molecular weight excluding hydrogens is 224 g/mol. The third-order valence-electron chi connectivity index (χ3n) is 3.02. The molecule has 0 aliphatic carbocycles. The van der Waals surface area contributed by atoms with Gasteiger partial charge in [0.05, 0.1) is 0 Å². The molecule has 0 radical (unpaired) electrons. The van der Waals surface area contributed by atoms with Gasteiger partial charge in [-0.15, -0.1) is 0 Å². The molecule has 0 aromatic heterocycles. The van der Waals surface area contributed by atoms with Crippen molar-refractivity contribution in [2.45, 2.75) is 26.7 Å². The lowest BCUT2D eigenvalue weighted by Crippen LogP contribution is -2.31. The summed E-state index contributed by atoms with van der Waals surface area (Å²) >= 11 is 0. The zero-order valence-electron chi connectivity index (χ0n) is 11.9. The molecule has 100 valence electrons. The molecule has 0 fully saturated rings. The fourth-order valence-electron chi connectivity index (χ4n) is 1.92. The van der Waals surface area contributed by atoms with E-state index in [9.17, 15) is 4.79 Å². The lowest BCUT2D eigenvalue weighted by Gasteiger charge is -2.22. The van der Waals surface area contributed by atoms with Gasteiger partial charge in [0.2, 0.25) is 5.91 Å². The zero-order chi connectivity index (χ0) is 13.5. The van der Waals surface area contributed by atoms with Crippen molar-refractivity contribution in [3.8, 4) is 0 Å². The Balaban J connectivity index is 2.68. The molecular formula is C15H24N2O. The average Bonchev–Trinajstić information content (AvgIpc) is 2.34. The van der Waals surface area contributed by atoms with Crippen LogP contribution in [0.4, 0.5) is 5.69 Å². The smallest absolute Gasteiger partial charge is 0.223 e. The lowest BCUT2D eigenvalue weighted by atomic mass is 10.1. The third-order valence-corrected chi connectivity index (χ3v) is 3.02. The molecule has 0 aliphatic heterocycles. The number of hydrogen-bond acceptors (Lipinski definition) is 2. The second-order valence-corrected chi connectivity index (χ2v) is 4.85. The van der Waals surface area contributed by atoms with Crippen LogP contribution in [-0.4, -0.2) is 38.0 Å². The van der Waals surface area contributed by atoms with Crippen LogP contribution in [0.25, 0.3) is 0 Å². The van der Waals surface area contributed by atoms with Gasteiger partial charge >= 0.3 is 0 Å². The van der Waals surface area contributed by atoms with E-state index in [4.69, 9.17) is 0 Å². The first-order valence-electron chi connectivity index (χ1n) is 6.56. The summed E-state index contributed by atoms with van der Waals surface area (Å²) in [5, 5.41) is 0. The molecule has 0 N–H and O–H groups in total. The number of hydrogen-bond donors (Lipinski definition) is 0. The van der Waals surface area contributed by atoms with Crippen molar-refractivity contribution < 1.29 is 4.79 Å². The van der Waals surface area contributed by atoms with Crippen LogP contribution in [0.15, 0.2) is 24.3 Å². The highest BCUT2D eigenvalue weighted by Gasteiger charge is 2.10. The largest absolute Gasteiger partial charge is 0.313 e. The van der Waals surface area contributed by atoms with E-state index < -0.39 is 0 Å². The number of aryl methyl sites for hydroxylation is 1. The Bertz CT molecular complexity index is 371. The molecule has 0 spiro atoms. The first kappa shape index (κ1) is 14.7. The molecule has 3 heteroatoms. The van der Waals surface area contributed by atoms with Crippen LogP contribution in [0.3, 0.4) is 0 Å². The average molecular weight is 248 g/mol. The normalized spacial score (nSPS) is 10.7. The molecule has 1 amide bonds. The van der Waals surface area contributed by atoms with Gasteiger partial charge in [0.15, 0.2) is 0 Å². The Morgan fingerprint density at radius 1 is 1.11 bits per heavy atom. The minimum absolute atomic E-state index is 0.109. The van der Waals surface area contributed by atoms with E-state index in [2.05, 4.69) is 24.0 Å². The molecule has 3 nitrogen and oxygen atoms in total. The van der Waals surface area contributed by atoms with Crippen LogP contribution in [0.2, 0.25) is 0 Å². The maximum Gasteiger partial charge on any atom is 0.223 e. The van der Waals surface area contributed by atoms with Gasteiger partial charge in [-0.3, -0.25) is 4.79 Å². The van der Waals surface area contributed by atoms with E-state index in [1.807, 2.05) is 31.1 Å². The summed E-state index contributed by atoms with van der Waals surface area (Å²) in [5.74, 6) is 0.109. The van der Waals surface area contributed by atoms with Crippen molar-refractivity contribution in [1.29, 1.82) is 0 Å². The van der Waals surface area contributed by atoms with Gasteiger partial charge in [-0.05, 0) is 51.2 Å². The summed E-state index contributed by atoms with van der Waals surface area (Å²) in [7, 11) is 4.10. The van der Waals surface area contributed by atoms with Gasteiger partial charge in [-0.1, -0.05) is 19.1 Å². The Morgan fingerprint density at radius 3 is 2.17 bits per heavy atom. The lowest BCUT2D eigenvalue weighted by molar-refractivity contribution is -0.116. The molecule has 0 atom stereocenters. The van der Waals surface area contributed by atoms with E-state index in [1.165, 1.54) is 5.56 Å². The third kappa shape index (κ3) is 4.49. The van der Waals surface area contributed by atoms with Gasteiger partial charge < -0.3 is 9.80 Å². The molecule has 0 saturated carbocycles. The number of anilines is 1. The highest BCUT2D eigenvalue weighted by Crippen LogP contribution is 2.16. The summed E-state index contributed by atoms with van der Waals surface area (Å²) in [6.45, 7) is 5.54. The first-order valence-corrected chi connectivity index (χ1v) is 6.56. The second-order valence-electron chi connectivity index (χ2n) is 4.85. The van der Waals surface area contributed by atoms with Gasteiger partial charge in [0.25, 0.3) is 0 Å². The second kappa shape index (κ2) is 7.17. The maximum atomic E-state index is 11.7. The fraction of sp³-hybridized carbons (Fsp3) is 0.533. The van der Waals surface area contributed by atoms with Crippen LogP contribution in [0.5, 0.6) is 0 Å². The SMILES string of the molecule is CCc1ccc(N(CCCN(C)C)C(C)=O)cc1. The molecule has 0 bridgehead atoms. The summed E-state index contributed by atoms with van der Waals surface area (Å²) in [6.07, 6.45) is 2.02. The van der Waals surface area contributed by atoms with Crippen LogP contribution in [0, 0.1) is 0 Å². The monoisotopic (exact) mass is 248 g/mol. The van der Waals surface area contributed by atoms with Crippen molar-refractivity contribution in [2.75, 3.05) is 32.1 Å². The Morgan fingerprint density at radius 2 is 1.72 bits per heavy atom. The Kier molecular flexibility index (Phi) is 5.86. The van der Waals surface area contributed by atoms with Crippen LogP contribution in [0.1, 0.15) is 25.8 Å². The predicted octanol–water partition coefficient (Wildman–Crippen LogP) is 2.55. The summed E-state index contributed by atoms with van der Waals surface area (Å²) < 4.78 is 0. The summed E-state index contributed by atoms with van der Waals surface area (Å²) in [5.41, 5.74) is 2.30. The summed E-state index contributed by atoms with van der Waals surface area (Å²) in [6, 6.07) is 8.26. The van der Waals surface area contributed by atoms with E-state index in [1.54, 1.807) is 6.92 Å². The quantitative estimate of drug-likeness (QED) is 0.772. The van der Waals surface area contributed by atoms with E-state index >= 15 is 0 Å². The number of nitrogens with zero attached hydrogens (tertiary/aromatic N) is 2. The highest BCUT2D eigenvalue weighted by molar-refractivity contribution is 5.91. The van der Waals surface area contributed by atoms with Gasteiger partial charge in [0, 0.05) is 19.2 Å². The molecule has 0 heterocycles. The number of amides is 1. The van der Waals surface area contributed by atoms with E-state index in [0.29, 0.717) is 0 Å². The van der Waals surface area contributed by atoms with Crippen molar-refractivity contribution >= 4 is 11.6 Å². The number of benzene rings is 1.